The normalized spacial score (nSPS) is 12.8. The van der Waals surface area contributed by atoms with Crippen LogP contribution in [0, 0.1) is 0 Å². The minimum atomic E-state index is -0.413. The van der Waals surface area contributed by atoms with E-state index in [1.807, 2.05) is 6.07 Å². The molecule has 0 aromatic heterocycles. The highest BCUT2D eigenvalue weighted by molar-refractivity contribution is 7.99. The molecule has 1 heterocycles. The zero-order valence-electron chi connectivity index (χ0n) is 11.0. The van der Waals surface area contributed by atoms with Crippen LogP contribution in [0.15, 0.2) is 57.4 Å². The summed E-state index contributed by atoms with van der Waals surface area (Å²) in [6.07, 6.45) is 2.49. The van der Waals surface area contributed by atoms with Crippen molar-refractivity contribution in [1.29, 1.82) is 0 Å². The molecule has 4 heteroatoms. The Labute approximate surface area is 121 Å². The van der Waals surface area contributed by atoms with Crippen LogP contribution >= 0.6 is 11.8 Å². The molecule has 0 fully saturated rings. The Morgan fingerprint density at radius 3 is 2.85 bits per heavy atom. The van der Waals surface area contributed by atoms with E-state index in [0.717, 1.165) is 12.0 Å². The van der Waals surface area contributed by atoms with Crippen LogP contribution in [0.4, 0.5) is 0 Å². The van der Waals surface area contributed by atoms with Crippen LogP contribution in [0.1, 0.15) is 23.6 Å². The van der Waals surface area contributed by atoms with Gasteiger partial charge in [0.2, 0.25) is 0 Å². The first-order valence-electron chi connectivity index (χ1n) is 6.32. The number of rotatable bonds is 2. The summed E-state index contributed by atoms with van der Waals surface area (Å²) in [6.45, 7) is 1.33. The first-order valence-corrected chi connectivity index (χ1v) is 7.13. The predicted molar refractivity (Wildman–Crippen MR) is 79.2 cm³/mol. The molecule has 0 saturated heterocycles. The van der Waals surface area contributed by atoms with Crippen LogP contribution in [0.25, 0.3) is 0 Å². The summed E-state index contributed by atoms with van der Waals surface area (Å²) in [5.41, 5.74) is 3.56. The van der Waals surface area contributed by atoms with E-state index in [2.05, 4.69) is 46.4 Å². The van der Waals surface area contributed by atoms with Crippen molar-refractivity contribution < 1.29 is 9.63 Å². The Morgan fingerprint density at radius 1 is 1.20 bits per heavy atom. The average molecular weight is 283 g/mol. The van der Waals surface area contributed by atoms with Gasteiger partial charge >= 0.3 is 5.97 Å². The maximum absolute atomic E-state index is 10.7. The fourth-order valence-electron chi connectivity index (χ4n) is 2.15. The topological polar surface area (TPSA) is 38.7 Å². The summed E-state index contributed by atoms with van der Waals surface area (Å²) < 4.78 is 0. The molecule has 0 atom stereocenters. The van der Waals surface area contributed by atoms with Crippen LogP contribution in [0.2, 0.25) is 0 Å². The number of carbonyl (C=O) groups is 1. The van der Waals surface area contributed by atoms with Crippen molar-refractivity contribution in [2.45, 2.75) is 23.1 Å². The summed E-state index contributed by atoms with van der Waals surface area (Å²) in [7, 11) is 0. The summed E-state index contributed by atoms with van der Waals surface area (Å²) >= 11 is 1.79. The van der Waals surface area contributed by atoms with E-state index in [1.54, 1.807) is 18.0 Å². The number of fused-ring (bicyclic) bond motifs is 2. The lowest BCUT2D eigenvalue weighted by molar-refractivity contribution is -0.140. The maximum Gasteiger partial charge on any atom is 0.331 e. The molecule has 100 valence electrons. The molecule has 0 unspecified atom stereocenters. The lowest BCUT2D eigenvalue weighted by atomic mass is 10.0. The van der Waals surface area contributed by atoms with Crippen molar-refractivity contribution in [1.82, 2.24) is 0 Å². The second-order valence-electron chi connectivity index (χ2n) is 4.57. The lowest BCUT2D eigenvalue weighted by Gasteiger charge is -2.18. The smallest absolute Gasteiger partial charge is 0.319 e. The third-order valence-electron chi connectivity index (χ3n) is 3.04. The van der Waals surface area contributed by atoms with Gasteiger partial charge in [0.05, 0.1) is 6.21 Å². The summed E-state index contributed by atoms with van der Waals surface area (Å²) in [6, 6.07) is 14.6. The molecule has 0 saturated carbocycles. The van der Waals surface area contributed by atoms with Crippen molar-refractivity contribution in [2.75, 3.05) is 0 Å². The molecular formula is C16H13NO2S. The largest absolute Gasteiger partial charge is 0.331 e. The highest BCUT2D eigenvalue weighted by atomic mass is 32.2. The predicted octanol–water partition coefficient (Wildman–Crippen LogP) is 3.64. The zero-order chi connectivity index (χ0) is 13.9. The molecule has 2 aromatic carbocycles. The summed E-state index contributed by atoms with van der Waals surface area (Å²) in [4.78, 5) is 17.8. The van der Waals surface area contributed by atoms with Crippen LogP contribution in [0.3, 0.4) is 0 Å². The van der Waals surface area contributed by atoms with Gasteiger partial charge in [-0.1, -0.05) is 41.2 Å². The molecule has 0 N–H and O–H groups in total. The Morgan fingerprint density at radius 2 is 2.00 bits per heavy atom. The molecule has 0 radical (unpaired) electrons. The average Bonchev–Trinajstić information content (AvgIpc) is 2.44. The fourth-order valence-corrected chi connectivity index (χ4v) is 3.21. The van der Waals surface area contributed by atoms with Gasteiger partial charge in [-0.05, 0) is 41.3 Å². The fraction of sp³-hybridized carbons (Fsp3) is 0.125. The van der Waals surface area contributed by atoms with Crippen molar-refractivity contribution in [3.05, 3.63) is 59.2 Å². The van der Waals surface area contributed by atoms with Crippen LogP contribution < -0.4 is 0 Å². The molecule has 2 aromatic rings. The molecule has 0 spiro atoms. The molecule has 0 aliphatic carbocycles. The molecule has 0 amide bonds. The van der Waals surface area contributed by atoms with Gasteiger partial charge < -0.3 is 4.84 Å². The van der Waals surface area contributed by atoms with Crippen molar-refractivity contribution in [3.8, 4) is 0 Å². The quantitative estimate of drug-likeness (QED) is 0.409. The minimum Gasteiger partial charge on any atom is -0.319 e. The van der Waals surface area contributed by atoms with E-state index in [0.29, 0.717) is 0 Å². The lowest BCUT2D eigenvalue weighted by Crippen LogP contribution is -2.00. The Balaban J connectivity index is 1.84. The highest BCUT2D eigenvalue weighted by Gasteiger charge is 2.15. The minimum absolute atomic E-state index is 0.413. The van der Waals surface area contributed by atoms with E-state index in [-0.39, 0.29) is 0 Å². The molecule has 3 rings (SSSR count). The van der Waals surface area contributed by atoms with E-state index >= 15 is 0 Å². The third kappa shape index (κ3) is 2.75. The number of hydrogen-bond acceptors (Lipinski definition) is 4. The van der Waals surface area contributed by atoms with Crippen molar-refractivity contribution in [2.24, 2.45) is 5.16 Å². The number of oxime groups is 1. The van der Waals surface area contributed by atoms with E-state index in [1.165, 1.54) is 27.8 Å². The Hall–Kier alpha value is -2.07. The van der Waals surface area contributed by atoms with Gasteiger partial charge in [-0.2, -0.15) is 0 Å². The Bertz CT molecular complexity index is 695. The summed E-state index contributed by atoms with van der Waals surface area (Å²) in [5, 5.41) is 3.65. The third-order valence-corrected chi connectivity index (χ3v) is 4.28. The Kier molecular flexibility index (Phi) is 3.56. The van der Waals surface area contributed by atoms with Gasteiger partial charge in [0.15, 0.2) is 0 Å². The molecule has 1 aliphatic heterocycles. The number of nitrogens with zero attached hydrogens (tertiary/aromatic N) is 1. The van der Waals surface area contributed by atoms with Crippen LogP contribution in [0.5, 0.6) is 0 Å². The molecule has 20 heavy (non-hydrogen) atoms. The van der Waals surface area contributed by atoms with E-state index in [4.69, 9.17) is 0 Å². The van der Waals surface area contributed by atoms with Crippen LogP contribution in [-0.2, 0) is 16.1 Å². The maximum atomic E-state index is 10.7. The highest BCUT2D eigenvalue weighted by Crippen LogP contribution is 2.39. The van der Waals surface area contributed by atoms with Crippen molar-refractivity contribution in [3.63, 3.8) is 0 Å². The van der Waals surface area contributed by atoms with E-state index in [9.17, 15) is 4.79 Å². The second kappa shape index (κ2) is 5.51. The van der Waals surface area contributed by atoms with Crippen molar-refractivity contribution >= 4 is 23.9 Å². The number of carbonyl (C=O) groups excluding carboxylic acids is 1. The van der Waals surface area contributed by atoms with Gasteiger partial charge in [0.1, 0.15) is 0 Å². The molecule has 3 nitrogen and oxygen atoms in total. The number of hydrogen-bond donors (Lipinski definition) is 0. The monoisotopic (exact) mass is 283 g/mol. The van der Waals surface area contributed by atoms with E-state index < -0.39 is 5.97 Å². The number of benzene rings is 2. The van der Waals surface area contributed by atoms with Crippen LogP contribution in [-0.4, -0.2) is 12.2 Å². The summed E-state index contributed by atoms with van der Waals surface area (Å²) in [5.74, 6) is -0.413. The van der Waals surface area contributed by atoms with Gasteiger partial charge in [0, 0.05) is 16.7 Å². The molecule has 1 aliphatic rings. The second-order valence-corrected chi connectivity index (χ2v) is 5.65. The SMILES string of the molecule is CC(=O)O/N=C/c1ccc2c(c1)Cc1ccccc1S2. The first-order chi connectivity index (χ1) is 9.72. The van der Waals surface area contributed by atoms with Gasteiger partial charge in [-0.15, -0.1) is 0 Å². The molecule has 0 bridgehead atoms. The van der Waals surface area contributed by atoms with Gasteiger partial charge in [-0.3, -0.25) is 0 Å². The first kappa shape index (κ1) is 12.9. The molecular weight excluding hydrogens is 270 g/mol. The van der Waals surface area contributed by atoms with Gasteiger partial charge in [-0.25, -0.2) is 4.79 Å². The van der Waals surface area contributed by atoms with Gasteiger partial charge in [0.25, 0.3) is 0 Å². The standard InChI is InChI=1S/C16H13NO2S/c1-11(18)19-17-10-12-6-7-16-14(8-12)9-13-4-2-3-5-15(13)20-16/h2-8,10H,9H2,1H3/b17-10+. The zero-order valence-corrected chi connectivity index (χ0v) is 11.8.